The quantitative estimate of drug-likeness (QED) is 0.876. The molecular weight excluding hydrogens is 215 g/mol. The Balaban J connectivity index is 2.13. The van der Waals surface area contributed by atoms with Gasteiger partial charge >= 0.3 is 0 Å². The molecule has 0 bridgehead atoms. The molecule has 2 nitrogen and oxygen atoms in total. The van der Waals surface area contributed by atoms with Gasteiger partial charge in [-0.1, -0.05) is 12.1 Å². The van der Waals surface area contributed by atoms with E-state index in [4.69, 9.17) is 5.73 Å². The second-order valence-electron chi connectivity index (χ2n) is 4.04. The van der Waals surface area contributed by atoms with Crippen LogP contribution in [0.25, 0.3) is 0 Å². The zero-order chi connectivity index (χ0) is 12.1. The molecule has 17 heavy (non-hydrogen) atoms. The predicted octanol–water partition coefficient (Wildman–Crippen LogP) is 2.51. The van der Waals surface area contributed by atoms with E-state index in [0.717, 1.165) is 12.0 Å². The fraction of sp³-hybridized carbons (Fsp3) is 0.214. The van der Waals surface area contributed by atoms with Gasteiger partial charge in [0.05, 0.1) is 0 Å². The molecule has 0 aliphatic carbocycles. The number of nitrogens with zero attached hydrogens (tertiary/aromatic N) is 1. The Morgan fingerprint density at radius 1 is 1.06 bits per heavy atom. The highest BCUT2D eigenvalue weighted by atomic mass is 19.1. The normalized spacial score (nSPS) is 12.4. The van der Waals surface area contributed by atoms with Crippen molar-refractivity contribution in [2.45, 2.75) is 12.3 Å². The monoisotopic (exact) mass is 230 g/mol. The smallest absolute Gasteiger partial charge is 0.123 e. The van der Waals surface area contributed by atoms with Crippen molar-refractivity contribution < 1.29 is 4.39 Å². The lowest BCUT2D eigenvalue weighted by molar-refractivity contribution is 0.625. The Bertz CT molecular complexity index is 453. The number of benzene rings is 1. The lowest BCUT2D eigenvalue weighted by atomic mass is 9.93. The lowest BCUT2D eigenvalue weighted by Gasteiger charge is -2.14. The van der Waals surface area contributed by atoms with E-state index in [1.165, 1.54) is 17.7 Å². The van der Waals surface area contributed by atoms with Crippen molar-refractivity contribution in [2.24, 2.45) is 5.73 Å². The first-order valence-electron chi connectivity index (χ1n) is 5.64. The largest absolute Gasteiger partial charge is 0.330 e. The van der Waals surface area contributed by atoms with Gasteiger partial charge in [0.2, 0.25) is 0 Å². The van der Waals surface area contributed by atoms with E-state index in [9.17, 15) is 4.39 Å². The number of hydrogen-bond donors (Lipinski definition) is 1. The Morgan fingerprint density at radius 2 is 1.71 bits per heavy atom. The summed E-state index contributed by atoms with van der Waals surface area (Å²) in [5.74, 6) is 0.0467. The molecule has 0 radical (unpaired) electrons. The topological polar surface area (TPSA) is 38.9 Å². The van der Waals surface area contributed by atoms with Crippen molar-refractivity contribution in [1.82, 2.24) is 4.98 Å². The lowest BCUT2D eigenvalue weighted by Crippen LogP contribution is -2.15. The average molecular weight is 230 g/mol. The minimum atomic E-state index is -0.207. The predicted molar refractivity (Wildman–Crippen MR) is 66.1 cm³/mol. The average Bonchev–Trinajstić information content (AvgIpc) is 2.39. The van der Waals surface area contributed by atoms with E-state index in [1.807, 2.05) is 12.1 Å². The van der Waals surface area contributed by atoms with Crippen molar-refractivity contribution in [3.63, 3.8) is 0 Å². The van der Waals surface area contributed by atoms with Crippen molar-refractivity contribution in [3.05, 3.63) is 65.7 Å². The fourth-order valence-electron chi connectivity index (χ4n) is 1.88. The summed E-state index contributed by atoms with van der Waals surface area (Å²) in [5, 5.41) is 0. The molecule has 0 spiro atoms. The number of rotatable bonds is 4. The molecule has 3 heteroatoms. The Labute approximate surface area is 100 Å². The highest BCUT2D eigenvalue weighted by Crippen LogP contribution is 2.19. The van der Waals surface area contributed by atoms with Gasteiger partial charge in [-0.3, -0.25) is 4.98 Å². The van der Waals surface area contributed by atoms with Gasteiger partial charge in [-0.25, -0.2) is 4.39 Å². The molecule has 2 aromatic rings. The molecule has 0 amide bonds. The van der Waals surface area contributed by atoms with Crippen molar-refractivity contribution in [2.75, 3.05) is 6.54 Å². The van der Waals surface area contributed by atoms with Gasteiger partial charge in [-0.05, 0) is 48.4 Å². The second kappa shape index (κ2) is 5.55. The van der Waals surface area contributed by atoms with Crippen LogP contribution in [0.5, 0.6) is 0 Å². The van der Waals surface area contributed by atoms with Gasteiger partial charge in [0, 0.05) is 18.3 Å². The molecule has 88 valence electrons. The maximum absolute atomic E-state index is 12.8. The number of halogens is 1. The summed E-state index contributed by atoms with van der Waals surface area (Å²) in [5.41, 5.74) is 8.06. The standard InChI is InChI=1S/C14H15FN2/c15-14-3-1-11(2-4-14)9-13(10-16)12-5-7-17-8-6-12/h1-8,13H,9-10,16H2. The zero-order valence-electron chi connectivity index (χ0n) is 9.51. The van der Waals surface area contributed by atoms with Crippen LogP contribution in [0.3, 0.4) is 0 Å². The van der Waals surface area contributed by atoms with E-state index in [1.54, 1.807) is 24.5 Å². The molecule has 0 saturated carbocycles. The van der Waals surface area contributed by atoms with E-state index in [2.05, 4.69) is 4.98 Å². The first kappa shape index (κ1) is 11.7. The SMILES string of the molecule is NCC(Cc1ccc(F)cc1)c1ccncc1. The van der Waals surface area contributed by atoms with E-state index in [-0.39, 0.29) is 11.7 Å². The van der Waals surface area contributed by atoms with Crippen molar-refractivity contribution >= 4 is 0 Å². The van der Waals surface area contributed by atoms with Crippen LogP contribution in [-0.2, 0) is 6.42 Å². The molecule has 1 heterocycles. The van der Waals surface area contributed by atoms with Crippen LogP contribution in [0.15, 0.2) is 48.8 Å². The molecule has 1 aromatic heterocycles. The highest BCUT2D eigenvalue weighted by molar-refractivity contribution is 5.23. The molecule has 0 aliphatic heterocycles. The van der Waals surface area contributed by atoms with Crippen LogP contribution >= 0.6 is 0 Å². The van der Waals surface area contributed by atoms with Gasteiger partial charge in [-0.15, -0.1) is 0 Å². The summed E-state index contributed by atoms with van der Waals surface area (Å²) in [4.78, 5) is 3.99. The minimum Gasteiger partial charge on any atom is -0.330 e. The molecule has 0 saturated heterocycles. The summed E-state index contributed by atoms with van der Waals surface area (Å²) in [6.07, 6.45) is 4.35. The zero-order valence-corrected chi connectivity index (χ0v) is 9.51. The molecule has 1 atom stereocenters. The van der Waals surface area contributed by atoms with E-state index >= 15 is 0 Å². The van der Waals surface area contributed by atoms with Gasteiger partial charge in [0.15, 0.2) is 0 Å². The molecule has 0 fully saturated rings. The van der Waals surface area contributed by atoms with Gasteiger partial charge < -0.3 is 5.73 Å². The van der Waals surface area contributed by atoms with Crippen LogP contribution in [0, 0.1) is 5.82 Å². The van der Waals surface area contributed by atoms with Crippen LogP contribution in [0.1, 0.15) is 17.0 Å². The number of pyridine rings is 1. The van der Waals surface area contributed by atoms with Crippen LogP contribution in [0.4, 0.5) is 4.39 Å². The maximum Gasteiger partial charge on any atom is 0.123 e. The van der Waals surface area contributed by atoms with Gasteiger partial charge in [0.25, 0.3) is 0 Å². The molecule has 0 aliphatic rings. The first-order valence-corrected chi connectivity index (χ1v) is 5.64. The number of aromatic nitrogens is 1. The first-order chi connectivity index (χ1) is 8.29. The third-order valence-corrected chi connectivity index (χ3v) is 2.86. The molecule has 2 N–H and O–H groups in total. The molecular formula is C14H15FN2. The summed E-state index contributed by atoms with van der Waals surface area (Å²) < 4.78 is 12.8. The van der Waals surface area contributed by atoms with Crippen molar-refractivity contribution in [1.29, 1.82) is 0 Å². The number of hydrogen-bond acceptors (Lipinski definition) is 2. The van der Waals surface area contributed by atoms with Gasteiger partial charge in [0.1, 0.15) is 5.82 Å². The van der Waals surface area contributed by atoms with E-state index < -0.39 is 0 Å². The fourth-order valence-corrected chi connectivity index (χ4v) is 1.88. The Kier molecular flexibility index (Phi) is 3.83. The Morgan fingerprint density at radius 3 is 2.29 bits per heavy atom. The minimum absolute atomic E-state index is 0.207. The second-order valence-corrected chi connectivity index (χ2v) is 4.04. The molecule has 1 unspecified atom stereocenters. The summed E-state index contributed by atoms with van der Waals surface area (Å²) >= 11 is 0. The van der Waals surface area contributed by atoms with Crippen LogP contribution in [-0.4, -0.2) is 11.5 Å². The third kappa shape index (κ3) is 3.11. The van der Waals surface area contributed by atoms with E-state index in [0.29, 0.717) is 6.54 Å². The third-order valence-electron chi connectivity index (χ3n) is 2.86. The molecule has 2 rings (SSSR count). The Hall–Kier alpha value is -1.74. The summed E-state index contributed by atoms with van der Waals surface area (Å²) in [6, 6.07) is 10.5. The van der Waals surface area contributed by atoms with Crippen molar-refractivity contribution in [3.8, 4) is 0 Å². The highest BCUT2D eigenvalue weighted by Gasteiger charge is 2.10. The molecule has 1 aromatic carbocycles. The summed E-state index contributed by atoms with van der Waals surface area (Å²) in [7, 11) is 0. The van der Waals surface area contributed by atoms with Crippen LogP contribution < -0.4 is 5.73 Å². The summed E-state index contributed by atoms with van der Waals surface area (Å²) in [6.45, 7) is 0.571. The van der Waals surface area contributed by atoms with Crippen LogP contribution in [0.2, 0.25) is 0 Å². The van der Waals surface area contributed by atoms with Gasteiger partial charge in [-0.2, -0.15) is 0 Å². The number of nitrogens with two attached hydrogens (primary N) is 1. The maximum atomic E-state index is 12.8.